The van der Waals surface area contributed by atoms with Gasteiger partial charge in [-0.1, -0.05) is 6.92 Å². The summed E-state index contributed by atoms with van der Waals surface area (Å²) in [5.74, 6) is 0. The standard InChI is InChI=1S/C9H9NS/c1-2-9-8-5-10-4-3-7(8)6-11-9/h3-6H,2H2,1H3. The molecular weight excluding hydrogens is 154 g/mol. The van der Waals surface area contributed by atoms with Crippen LogP contribution in [0, 0.1) is 0 Å². The highest BCUT2D eigenvalue weighted by molar-refractivity contribution is 7.11. The summed E-state index contributed by atoms with van der Waals surface area (Å²) >= 11 is 1.82. The second kappa shape index (κ2) is 2.62. The van der Waals surface area contributed by atoms with Crippen molar-refractivity contribution in [2.45, 2.75) is 13.3 Å². The van der Waals surface area contributed by atoms with Gasteiger partial charge in [0.2, 0.25) is 0 Å². The van der Waals surface area contributed by atoms with E-state index in [4.69, 9.17) is 0 Å². The number of aromatic nitrogens is 1. The molecule has 0 bridgehead atoms. The van der Waals surface area contributed by atoms with Gasteiger partial charge in [-0.25, -0.2) is 0 Å². The molecule has 0 spiro atoms. The van der Waals surface area contributed by atoms with Gasteiger partial charge in [0.05, 0.1) is 0 Å². The lowest BCUT2D eigenvalue weighted by atomic mass is 10.2. The average Bonchev–Trinajstić information content (AvgIpc) is 2.47. The average molecular weight is 163 g/mol. The first kappa shape index (κ1) is 6.80. The summed E-state index contributed by atoms with van der Waals surface area (Å²) < 4.78 is 0. The maximum atomic E-state index is 4.10. The molecule has 0 amide bonds. The monoisotopic (exact) mass is 163 g/mol. The van der Waals surface area contributed by atoms with Crippen LogP contribution in [-0.4, -0.2) is 4.98 Å². The molecule has 1 nitrogen and oxygen atoms in total. The first-order valence-electron chi connectivity index (χ1n) is 3.72. The van der Waals surface area contributed by atoms with Gasteiger partial charge in [0, 0.05) is 22.7 Å². The van der Waals surface area contributed by atoms with Gasteiger partial charge in [-0.2, -0.15) is 0 Å². The summed E-state index contributed by atoms with van der Waals surface area (Å²) in [5.41, 5.74) is 0. The molecule has 0 fully saturated rings. The molecule has 0 unspecified atom stereocenters. The van der Waals surface area contributed by atoms with Crippen molar-refractivity contribution in [2.75, 3.05) is 0 Å². The summed E-state index contributed by atoms with van der Waals surface area (Å²) in [4.78, 5) is 5.54. The fourth-order valence-electron chi connectivity index (χ4n) is 1.21. The molecule has 2 heteroatoms. The zero-order chi connectivity index (χ0) is 7.68. The lowest BCUT2D eigenvalue weighted by Gasteiger charge is -1.90. The van der Waals surface area contributed by atoms with Crippen LogP contribution in [0.25, 0.3) is 10.8 Å². The van der Waals surface area contributed by atoms with Gasteiger partial charge in [-0.15, -0.1) is 11.3 Å². The van der Waals surface area contributed by atoms with Crippen LogP contribution in [0.5, 0.6) is 0 Å². The van der Waals surface area contributed by atoms with Gasteiger partial charge in [0.15, 0.2) is 0 Å². The predicted octanol–water partition coefficient (Wildman–Crippen LogP) is 2.86. The molecule has 2 heterocycles. The topological polar surface area (TPSA) is 12.9 Å². The third-order valence-corrected chi connectivity index (χ3v) is 2.97. The number of hydrogen-bond donors (Lipinski definition) is 0. The minimum atomic E-state index is 1.11. The second-order valence-corrected chi connectivity index (χ2v) is 3.44. The van der Waals surface area contributed by atoms with Gasteiger partial charge in [0.1, 0.15) is 0 Å². The van der Waals surface area contributed by atoms with Crippen LogP contribution < -0.4 is 0 Å². The van der Waals surface area contributed by atoms with Crippen molar-refractivity contribution in [1.82, 2.24) is 4.98 Å². The fourth-order valence-corrected chi connectivity index (χ4v) is 2.15. The van der Waals surface area contributed by atoms with E-state index in [1.165, 1.54) is 15.6 Å². The molecule has 56 valence electrons. The SMILES string of the molecule is CCc1scc2ccncc12. The Labute approximate surface area is 69.7 Å². The van der Waals surface area contributed by atoms with Crippen molar-refractivity contribution >= 4 is 22.1 Å². The molecule has 0 aliphatic heterocycles. The Morgan fingerprint density at radius 3 is 3.27 bits per heavy atom. The van der Waals surface area contributed by atoms with E-state index in [1.807, 2.05) is 23.7 Å². The van der Waals surface area contributed by atoms with Gasteiger partial charge in [-0.05, 0) is 23.3 Å². The van der Waals surface area contributed by atoms with Gasteiger partial charge >= 0.3 is 0 Å². The third-order valence-electron chi connectivity index (χ3n) is 1.80. The zero-order valence-corrected chi connectivity index (χ0v) is 7.19. The van der Waals surface area contributed by atoms with E-state index in [0.29, 0.717) is 0 Å². The van der Waals surface area contributed by atoms with Crippen LogP contribution in [0.1, 0.15) is 11.8 Å². The third kappa shape index (κ3) is 1.03. The lowest BCUT2D eigenvalue weighted by molar-refractivity contribution is 1.20. The first-order valence-corrected chi connectivity index (χ1v) is 4.60. The molecule has 2 aromatic heterocycles. The van der Waals surface area contributed by atoms with Crippen molar-refractivity contribution in [3.05, 3.63) is 28.7 Å². The summed E-state index contributed by atoms with van der Waals surface area (Å²) in [6.07, 6.45) is 4.90. The van der Waals surface area contributed by atoms with Crippen molar-refractivity contribution in [3.8, 4) is 0 Å². The first-order chi connectivity index (χ1) is 5.42. The molecule has 0 aromatic carbocycles. The Kier molecular flexibility index (Phi) is 1.62. The van der Waals surface area contributed by atoms with E-state index in [9.17, 15) is 0 Å². The van der Waals surface area contributed by atoms with E-state index in [1.54, 1.807) is 0 Å². The number of hydrogen-bond acceptors (Lipinski definition) is 2. The van der Waals surface area contributed by atoms with Gasteiger partial charge in [-0.3, -0.25) is 4.98 Å². The van der Waals surface area contributed by atoms with E-state index in [2.05, 4.69) is 23.4 Å². The lowest BCUT2D eigenvalue weighted by Crippen LogP contribution is -1.74. The Balaban J connectivity index is 2.76. The summed E-state index contributed by atoms with van der Waals surface area (Å²) in [6, 6.07) is 2.06. The second-order valence-electron chi connectivity index (χ2n) is 2.48. The highest BCUT2D eigenvalue weighted by Crippen LogP contribution is 2.24. The molecule has 0 radical (unpaired) electrons. The molecule has 2 aromatic rings. The Morgan fingerprint density at radius 2 is 2.45 bits per heavy atom. The molecule has 0 atom stereocenters. The molecule has 0 saturated heterocycles. The minimum Gasteiger partial charge on any atom is -0.264 e. The molecular formula is C9H9NS. The highest BCUT2D eigenvalue weighted by Gasteiger charge is 1.99. The molecule has 0 aliphatic rings. The number of nitrogens with zero attached hydrogens (tertiary/aromatic N) is 1. The van der Waals surface area contributed by atoms with Crippen molar-refractivity contribution in [3.63, 3.8) is 0 Å². The van der Waals surface area contributed by atoms with Crippen molar-refractivity contribution in [1.29, 1.82) is 0 Å². The van der Waals surface area contributed by atoms with E-state index in [0.717, 1.165) is 6.42 Å². The Bertz CT molecular complexity index is 364. The molecule has 0 aliphatic carbocycles. The van der Waals surface area contributed by atoms with E-state index >= 15 is 0 Å². The summed E-state index contributed by atoms with van der Waals surface area (Å²) in [7, 11) is 0. The van der Waals surface area contributed by atoms with Crippen LogP contribution in [0.3, 0.4) is 0 Å². The largest absolute Gasteiger partial charge is 0.264 e. The zero-order valence-electron chi connectivity index (χ0n) is 6.37. The quantitative estimate of drug-likeness (QED) is 0.630. The molecule has 11 heavy (non-hydrogen) atoms. The smallest absolute Gasteiger partial charge is 0.0357 e. The van der Waals surface area contributed by atoms with Crippen LogP contribution in [0.15, 0.2) is 23.8 Å². The number of fused-ring (bicyclic) bond motifs is 1. The van der Waals surface area contributed by atoms with Crippen LogP contribution in [-0.2, 0) is 6.42 Å². The number of aryl methyl sites for hydroxylation is 1. The number of rotatable bonds is 1. The van der Waals surface area contributed by atoms with E-state index in [-0.39, 0.29) is 0 Å². The maximum absolute atomic E-state index is 4.10. The number of pyridine rings is 1. The fraction of sp³-hybridized carbons (Fsp3) is 0.222. The van der Waals surface area contributed by atoms with Gasteiger partial charge < -0.3 is 0 Å². The maximum Gasteiger partial charge on any atom is 0.0357 e. The highest BCUT2D eigenvalue weighted by atomic mass is 32.1. The molecule has 0 N–H and O–H groups in total. The molecule has 2 rings (SSSR count). The molecule has 0 saturated carbocycles. The minimum absolute atomic E-state index is 1.11. The van der Waals surface area contributed by atoms with Crippen LogP contribution in [0.4, 0.5) is 0 Å². The van der Waals surface area contributed by atoms with Gasteiger partial charge in [0.25, 0.3) is 0 Å². The summed E-state index contributed by atoms with van der Waals surface area (Å²) in [5, 5.41) is 4.83. The normalized spacial score (nSPS) is 10.6. The van der Waals surface area contributed by atoms with Crippen LogP contribution >= 0.6 is 11.3 Å². The predicted molar refractivity (Wildman–Crippen MR) is 49.0 cm³/mol. The van der Waals surface area contributed by atoms with Crippen molar-refractivity contribution in [2.24, 2.45) is 0 Å². The van der Waals surface area contributed by atoms with E-state index < -0.39 is 0 Å². The number of thiophene rings is 1. The van der Waals surface area contributed by atoms with Crippen LogP contribution in [0.2, 0.25) is 0 Å². The summed E-state index contributed by atoms with van der Waals surface area (Å²) in [6.45, 7) is 2.18. The Morgan fingerprint density at radius 1 is 1.55 bits per heavy atom. The Hall–Kier alpha value is -0.890. The van der Waals surface area contributed by atoms with Crippen molar-refractivity contribution < 1.29 is 0 Å².